The van der Waals surface area contributed by atoms with E-state index in [9.17, 15) is 5.11 Å². The fourth-order valence-electron chi connectivity index (χ4n) is 1.49. The van der Waals surface area contributed by atoms with E-state index in [-0.39, 0.29) is 11.3 Å². The Labute approximate surface area is 87.0 Å². The van der Waals surface area contributed by atoms with E-state index in [0.717, 1.165) is 0 Å². The smallest absolute Gasteiger partial charge is 0.126 e. The summed E-state index contributed by atoms with van der Waals surface area (Å²) in [7, 11) is 1.53. The van der Waals surface area contributed by atoms with Crippen LogP contribution in [0, 0.1) is 6.85 Å². The van der Waals surface area contributed by atoms with Gasteiger partial charge in [0.05, 0.1) is 7.11 Å². The topological polar surface area (TPSA) is 29.5 Å². The maximum atomic E-state index is 9.99. The zero-order valence-electron chi connectivity index (χ0n) is 10.7. The van der Waals surface area contributed by atoms with E-state index in [1.807, 2.05) is 0 Å². The molecule has 0 amide bonds. The maximum Gasteiger partial charge on any atom is 0.126 e. The molecular formula is C12H12O2. The normalized spacial score (nSPS) is 14.5. The minimum absolute atomic E-state index is 0.0433. The molecule has 2 aromatic carbocycles. The van der Waals surface area contributed by atoms with Gasteiger partial charge in [-0.3, -0.25) is 0 Å². The second-order valence-corrected chi connectivity index (χ2v) is 3.02. The number of phenolic OH excluding ortho intramolecular Hbond substituents is 1. The summed E-state index contributed by atoms with van der Waals surface area (Å²) in [5.74, 6) is 0.399. The Bertz CT molecular complexity index is 561. The minimum atomic E-state index is -2.32. The average molecular weight is 191 g/mol. The van der Waals surface area contributed by atoms with Crippen LogP contribution in [0.4, 0.5) is 0 Å². The van der Waals surface area contributed by atoms with Crippen molar-refractivity contribution in [3.63, 3.8) is 0 Å². The first kappa shape index (κ1) is 5.91. The predicted molar refractivity (Wildman–Crippen MR) is 56.9 cm³/mol. The number of aryl methyl sites for hydroxylation is 1. The number of fused-ring (bicyclic) bond motifs is 1. The van der Waals surface area contributed by atoms with E-state index in [2.05, 4.69) is 0 Å². The lowest BCUT2D eigenvalue weighted by Crippen LogP contribution is -1.85. The van der Waals surface area contributed by atoms with Gasteiger partial charge in [-0.2, -0.15) is 0 Å². The number of ether oxygens (including phenoxy) is 1. The summed E-state index contributed by atoms with van der Waals surface area (Å²) in [5.41, 5.74) is -0.0433. The molecule has 14 heavy (non-hydrogen) atoms. The summed E-state index contributed by atoms with van der Waals surface area (Å²) in [4.78, 5) is 0. The van der Waals surface area contributed by atoms with Crippen LogP contribution in [0.25, 0.3) is 10.8 Å². The number of methoxy groups -OCH3 is 1. The Balaban J connectivity index is 2.78. The summed E-state index contributed by atoms with van der Waals surface area (Å²) in [6.45, 7) is -2.32. The molecule has 0 aliphatic carbocycles. The van der Waals surface area contributed by atoms with Crippen molar-refractivity contribution in [2.24, 2.45) is 0 Å². The molecule has 72 valence electrons. The zero-order valence-corrected chi connectivity index (χ0v) is 7.74. The maximum absolute atomic E-state index is 9.99. The number of rotatable bonds is 1. The summed E-state index contributed by atoms with van der Waals surface area (Å²) in [6.07, 6.45) is 0. The van der Waals surface area contributed by atoms with Crippen LogP contribution in [0.5, 0.6) is 11.5 Å². The van der Waals surface area contributed by atoms with Gasteiger partial charge in [-0.05, 0) is 18.5 Å². The molecule has 0 heterocycles. The molecule has 0 saturated heterocycles. The highest BCUT2D eigenvalue weighted by Crippen LogP contribution is 2.33. The van der Waals surface area contributed by atoms with Crippen molar-refractivity contribution in [3.8, 4) is 11.5 Å². The first-order chi connectivity index (χ1) is 7.95. The van der Waals surface area contributed by atoms with Crippen LogP contribution in [0.1, 0.15) is 9.68 Å². The fraction of sp³-hybridized carbons (Fsp3) is 0.167. The third kappa shape index (κ3) is 1.20. The monoisotopic (exact) mass is 191 g/mol. The molecule has 2 heteroatoms. The molecule has 0 saturated carbocycles. The van der Waals surface area contributed by atoms with Crippen molar-refractivity contribution in [3.05, 3.63) is 35.9 Å². The fourth-order valence-corrected chi connectivity index (χ4v) is 1.49. The lowest BCUT2D eigenvalue weighted by atomic mass is 10.1. The van der Waals surface area contributed by atoms with Crippen LogP contribution < -0.4 is 4.74 Å². The largest absolute Gasteiger partial charge is 0.507 e. The standard InChI is InChI=1S/C12H12O2/c1-8-6-7-9-10(12(8)13)4-3-5-11(9)14-2/h3-7,13H,1-2H3/i1D3. The van der Waals surface area contributed by atoms with E-state index >= 15 is 0 Å². The Hall–Kier alpha value is -1.70. The molecule has 0 spiro atoms. The summed E-state index contributed by atoms with van der Waals surface area (Å²) >= 11 is 0. The Morgan fingerprint density at radius 1 is 1.21 bits per heavy atom. The average Bonchev–Trinajstić information content (AvgIpc) is 2.27. The highest BCUT2D eigenvalue weighted by atomic mass is 16.5. The minimum Gasteiger partial charge on any atom is -0.507 e. The molecule has 0 aliphatic rings. The van der Waals surface area contributed by atoms with E-state index in [0.29, 0.717) is 16.5 Å². The first-order valence-electron chi connectivity index (χ1n) is 5.74. The Morgan fingerprint density at radius 2 is 2.07 bits per heavy atom. The number of aromatic hydroxyl groups is 1. The number of benzene rings is 2. The van der Waals surface area contributed by atoms with Gasteiger partial charge in [0, 0.05) is 14.9 Å². The van der Waals surface area contributed by atoms with Crippen LogP contribution in [0.15, 0.2) is 30.3 Å². The lowest BCUT2D eigenvalue weighted by Gasteiger charge is -2.07. The van der Waals surface area contributed by atoms with Crippen molar-refractivity contribution in [2.75, 3.05) is 7.11 Å². The Kier molecular flexibility index (Phi) is 1.36. The molecule has 2 nitrogen and oxygen atoms in total. The van der Waals surface area contributed by atoms with Gasteiger partial charge in [0.1, 0.15) is 11.5 Å². The molecular weight excluding hydrogens is 176 g/mol. The van der Waals surface area contributed by atoms with Crippen LogP contribution in [0.2, 0.25) is 0 Å². The molecule has 0 radical (unpaired) electrons. The third-order valence-electron chi connectivity index (χ3n) is 2.21. The van der Waals surface area contributed by atoms with Crippen molar-refractivity contribution >= 4 is 10.8 Å². The van der Waals surface area contributed by atoms with E-state index < -0.39 is 6.85 Å². The third-order valence-corrected chi connectivity index (χ3v) is 2.21. The molecule has 0 fully saturated rings. The van der Waals surface area contributed by atoms with Crippen molar-refractivity contribution in [1.29, 1.82) is 0 Å². The number of hydrogen-bond donors (Lipinski definition) is 1. The second kappa shape index (κ2) is 3.22. The number of hydrogen-bond acceptors (Lipinski definition) is 2. The predicted octanol–water partition coefficient (Wildman–Crippen LogP) is 2.86. The van der Waals surface area contributed by atoms with Gasteiger partial charge < -0.3 is 9.84 Å². The molecule has 1 N–H and O–H groups in total. The SMILES string of the molecule is [2H]C([2H])([2H])c1ccc2c(OC)cccc2c1O. The van der Waals surface area contributed by atoms with Gasteiger partial charge in [0.2, 0.25) is 0 Å². The highest BCUT2D eigenvalue weighted by Gasteiger charge is 2.05. The zero-order chi connectivity index (χ0) is 12.6. The van der Waals surface area contributed by atoms with Gasteiger partial charge in [0.15, 0.2) is 0 Å². The van der Waals surface area contributed by atoms with Crippen molar-refractivity contribution < 1.29 is 14.0 Å². The van der Waals surface area contributed by atoms with Crippen LogP contribution >= 0.6 is 0 Å². The Morgan fingerprint density at radius 3 is 2.79 bits per heavy atom. The number of phenols is 1. The quantitative estimate of drug-likeness (QED) is 0.751. The summed E-state index contributed by atoms with van der Waals surface area (Å²) in [5, 5.41) is 11.2. The summed E-state index contributed by atoms with van der Waals surface area (Å²) < 4.78 is 27.1. The van der Waals surface area contributed by atoms with E-state index in [1.165, 1.54) is 13.2 Å². The molecule has 0 aromatic heterocycles. The lowest BCUT2D eigenvalue weighted by molar-refractivity contribution is 0.419. The molecule has 0 atom stereocenters. The van der Waals surface area contributed by atoms with Crippen molar-refractivity contribution in [1.82, 2.24) is 0 Å². The highest BCUT2D eigenvalue weighted by molar-refractivity contribution is 5.93. The van der Waals surface area contributed by atoms with Gasteiger partial charge in [-0.1, -0.05) is 24.3 Å². The molecule has 0 unspecified atom stereocenters. The van der Waals surface area contributed by atoms with Gasteiger partial charge in [-0.25, -0.2) is 0 Å². The van der Waals surface area contributed by atoms with E-state index in [1.54, 1.807) is 24.3 Å². The summed E-state index contributed by atoms with van der Waals surface area (Å²) in [6, 6.07) is 8.20. The molecule has 0 aliphatic heterocycles. The molecule has 0 bridgehead atoms. The van der Waals surface area contributed by atoms with Crippen LogP contribution in [0.3, 0.4) is 0 Å². The second-order valence-electron chi connectivity index (χ2n) is 3.02. The van der Waals surface area contributed by atoms with Crippen LogP contribution in [-0.4, -0.2) is 12.2 Å². The van der Waals surface area contributed by atoms with E-state index in [4.69, 9.17) is 8.85 Å². The van der Waals surface area contributed by atoms with Gasteiger partial charge in [0.25, 0.3) is 0 Å². The van der Waals surface area contributed by atoms with Gasteiger partial charge >= 0.3 is 0 Å². The van der Waals surface area contributed by atoms with Crippen molar-refractivity contribution in [2.45, 2.75) is 6.85 Å². The van der Waals surface area contributed by atoms with Crippen LogP contribution in [-0.2, 0) is 0 Å². The molecule has 2 aromatic rings. The molecule has 2 rings (SSSR count). The first-order valence-corrected chi connectivity index (χ1v) is 4.24. The van der Waals surface area contributed by atoms with Gasteiger partial charge in [-0.15, -0.1) is 0 Å².